The number of amides is 1. The molecule has 0 aliphatic carbocycles. The molecule has 29 heavy (non-hydrogen) atoms. The number of furan rings is 1. The summed E-state index contributed by atoms with van der Waals surface area (Å²) in [5, 5.41) is 7.11. The van der Waals surface area contributed by atoms with E-state index in [1.54, 1.807) is 19.1 Å². The zero-order valence-corrected chi connectivity index (χ0v) is 17.2. The third-order valence-corrected chi connectivity index (χ3v) is 6.52. The summed E-state index contributed by atoms with van der Waals surface area (Å²) in [7, 11) is -3.08. The summed E-state index contributed by atoms with van der Waals surface area (Å²) < 4.78 is 34.8. The fraction of sp³-hybridized carbons (Fsp3) is 0.389. The molecular weight excluding hydrogens is 422 g/mol. The van der Waals surface area contributed by atoms with E-state index in [0.717, 1.165) is 6.08 Å². The minimum Gasteiger partial charge on any atom is -0.467 e. The van der Waals surface area contributed by atoms with Crippen molar-refractivity contribution in [3.05, 3.63) is 46.6 Å². The van der Waals surface area contributed by atoms with Crippen LogP contribution in [0.5, 0.6) is 0 Å². The molecule has 2 aromatic rings. The molecule has 2 aromatic heterocycles. The normalized spacial score (nSPS) is 18.2. The zero-order valence-electron chi connectivity index (χ0n) is 15.6. The molecule has 1 atom stereocenters. The van der Waals surface area contributed by atoms with Gasteiger partial charge in [0.2, 0.25) is 0 Å². The van der Waals surface area contributed by atoms with Gasteiger partial charge in [0.15, 0.2) is 16.4 Å². The van der Waals surface area contributed by atoms with Crippen molar-refractivity contribution in [2.45, 2.75) is 25.9 Å². The van der Waals surface area contributed by atoms with E-state index >= 15 is 0 Å². The smallest absolute Gasteiger partial charge is 0.331 e. The second-order valence-corrected chi connectivity index (χ2v) is 9.18. The van der Waals surface area contributed by atoms with Crippen LogP contribution in [0.25, 0.3) is 6.08 Å². The SMILES string of the molecule is Cc1nn([C@@H]2CCS(=O)(=O)C2)c(Cl)c1/C=C/C(=O)OCC(=O)NCc1ccco1. The molecule has 9 nitrogen and oxygen atoms in total. The fourth-order valence-electron chi connectivity index (χ4n) is 2.92. The number of nitrogens with one attached hydrogen (secondary N) is 1. The van der Waals surface area contributed by atoms with Crippen LogP contribution in [-0.2, 0) is 30.7 Å². The topological polar surface area (TPSA) is 121 Å². The van der Waals surface area contributed by atoms with E-state index in [-0.39, 0.29) is 29.2 Å². The number of hydrogen-bond acceptors (Lipinski definition) is 7. The van der Waals surface area contributed by atoms with Crippen LogP contribution in [0.15, 0.2) is 28.9 Å². The van der Waals surface area contributed by atoms with Crippen LogP contribution in [0.4, 0.5) is 0 Å². The van der Waals surface area contributed by atoms with Crippen LogP contribution >= 0.6 is 11.6 Å². The Hall–Kier alpha value is -2.59. The predicted octanol–water partition coefficient (Wildman–Crippen LogP) is 1.67. The largest absolute Gasteiger partial charge is 0.467 e. The first-order valence-electron chi connectivity index (χ1n) is 8.84. The van der Waals surface area contributed by atoms with E-state index in [4.69, 9.17) is 20.8 Å². The van der Waals surface area contributed by atoms with Crippen molar-refractivity contribution in [1.29, 1.82) is 0 Å². The zero-order chi connectivity index (χ0) is 21.0. The number of hydrogen-bond donors (Lipinski definition) is 1. The summed E-state index contributed by atoms with van der Waals surface area (Å²) in [6.45, 7) is 1.47. The molecule has 156 valence electrons. The maximum absolute atomic E-state index is 11.9. The average molecular weight is 442 g/mol. The van der Waals surface area contributed by atoms with Gasteiger partial charge in [-0.1, -0.05) is 11.6 Å². The summed E-state index contributed by atoms with van der Waals surface area (Å²) in [6.07, 6.45) is 4.52. The molecular formula is C18H20ClN3O6S. The second kappa shape index (κ2) is 8.83. The van der Waals surface area contributed by atoms with Gasteiger partial charge in [-0.3, -0.25) is 4.79 Å². The van der Waals surface area contributed by atoms with Gasteiger partial charge in [0.1, 0.15) is 10.9 Å². The Morgan fingerprint density at radius 2 is 2.28 bits per heavy atom. The lowest BCUT2D eigenvalue weighted by Gasteiger charge is -2.09. The summed E-state index contributed by atoms with van der Waals surface area (Å²) in [4.78, 5) is 23.6. The third kappa shape index (κ3) is 5.48. The Balaban J connectivity index is 1.54. The molecule has 1 aliphatic heterocycles. The first kappa shape index (κ1) is 21.1. The van der Waals surface area contributed by atoms with Gasteiger partial charge in [-0.25, -0.2) is 17.9 Å². The Bertz CT molecular complexity index is 1030. The number of carbonyl (C=O) groups excluding carboxylic acids is 2. The van der Waals surface area contributed by atoms with Crippen LogP contribution in [0.3, 0.4) is 0 Å². The van der Waals surface area contributed by atoms with Crippen LogP contribution in [0, 0.1) is 6.92 Å². The van der Waals surface area contributed by atoms with Crippen LogP contribution in [0.1, 0.15) is 29.5 Å². The molecule has 1 fully saturated rings. The first-order chi connectivity index (χ1) is 13.7. The Morgan fingerprint density at radius 3 is 2.93 bits per heavy atom. The highest BCUT2D eigenvalue weighted by molar-refractivity contribution is 7.91. The molecule has 1 aliphatic rings. The van der Waals surface area contributed by atoms with Crippen LogP contribution in [-0.4, -0.2) is 48.2 Å². The number of aromatic nitrogens is 2. The molecule has 0 bridgehead atoms. The lowest BCUT2D eigenvalue weighted by molar-refractivity contribution is -0.143. The van der Waals surface area contributed by atoms with Crippen molar-refractivity contribution in [2.24, 2.45) is 0 Å². The van der Waals surface area contributed by atoms with Crippen LogP contribution in [0.2, 0.25) is 5.15 Å². The van der Waals surface area contributed by atoms with Crippen LogP contribution < -0.4 is 5.32 Å². The Kier molecular flexibility index (Phi) is 6.43. The number of halogens is 1. The molecule has 11 heteroatoms. The van der Waals surface area contributed by atoms with Gasteiger partial charge in [0, 0.05) is 11.6 Å². The van der Waals surface area contributed by atoms with Gasteiger partial charge in [0.25, 0.3) is 5.91 Å². The van der Waals surface area contributed by atoms with Gasteiger partial charge >= 0.3 is 5.97 Å². The Morgan fingerprint density at radius 1 is 1.48 bits per heavy atom. The standard InChI is InChI=1S/C18H20ClN3O6S/c1-12-15(18(19)22(21-12)13-6-8-29(25,26)11-13)4-5-17(24)28-10-16(23)20-9-14-3-2-7-27-14/h2-5,7,13H,6,8-11H2,1H3,(H,20,23)/b5-4+/t13-/m1/s1. The van der Waals surface area contributed by atoms with Crippen molar-refractivity contribution in [3.8, 4) is 0 Å². The van der Waals surface area contributed by atoms with Gasteiger partial charge in [-0.2, -0.15) is 5.10 Å². The van der Waals surface area contributed by atoms with E-state index in [1.807, 2.05) is 0 Å². The fourth-order valence-corrected chi connectivity index (χ4v) is 4.99. The number of aryl methyl sites for hydroxylation is 1. The highest BCUT2D eigenvalue weighted by Crippen LogP contribution is 2.30. The third-order valence-electron chi connectivity index (χ3n) is 4.40. The van der Waals surface area contributed by atoms with Crippen molar-refractivity contribution < 1.29 is 27.2 Å². The quantitative estimate of drug-likeness (QED) is 0.512. The Labute approximate surface area is 172 Å². The molecule has 1 saturated heterocycles. The van der Waals surface area contributed by atoms with E-state index in [1.165, 1.54) is 17.0 Å². The van der Waals surface area contributed by atoms with Gasteiger partial charge in [0.05, 0.1) is 36.0 Å². The molecule has 1 N–H and O–H groups in total. The number of rotatable bonds is 7. The molecule has 0 spiro atoms. The average Bonchev–Trinajstić information content (AvgIpc) is 3.37. The summed E-state index contributed by atoms with van der Waals surface area (Å²) in [6, 6.07) is 3.09. The maximum Gasteiger partial charge on any atom is 0.331 e. The molecule has 0 radical (unpaired) electrons. The molecule has 3 heterocycles. The predicted molar refractivity (Wildman–Crippen MR) is 105 cm³/mol. The van der Waals surface area contributed by atoms with E-state index < -0.39 is 28.3 Å². The summed E-state index contributed by atoms with van der Waals surface area (Å²) in [5.41, 5.74) is 1.05. The molecule has 3 rings (SSSR count). The summed E-state index contributed by atoms with van der Waals surface area (Å²) in [5.74, 6) is -0.502. The molecule has 0 saturated carbocycles. The highest BCUT2D eigenvalue weighted by Gasteiger charge is 2.31. The van der Waals surface area contributed by atoms with Crippen molar-refractivity contribution >= 4 is 39.4 Å². The minimum atomic E-state index is -3.08. The van der Waals surface area contributed by atoms with Gasteiger partial charge in [-0.05, 0) is 31.6 Å². The molecule has 1 amide bonds. The van der Waals surface area contributed by atoms with E-state index in [2.05, 4.69) is 10.4 Å². The van der Waals surface area contributed by atoms with Crippen molar-refractivity contribution in [1.82, 2.24) is 15.1 Å². The monoisotopic (exact) mass is 441 g/mol. The number of ether oxygens (including phenoxy) is 1. The van der Waals surface area contributed by atoms with Crippen molar-refractivity contribution in [2.75, 3.05) is 18.1 Å². The summed E-state index contributed by atoms with van der Waals surface area (Å²) >= 11 is 6.33. The lowest BCUT2D eigenvalue weighted by Crippen LogP contribution is -2.27. The molecule has 0 unspecified atom stereocenters. The van der Waals surface area contributed by atoms with E-state index in [9.17, 15) is 18.0 Å². The lowest BCUT2D eigenvalue weighted by atomic mass is 10.2. The highest BCUT2D eigenvalue weighted by atomic mass is 35.5. The van der Waals surface area contributed by atoms with E-state index in [0.29, 0.717) is 23.4 Å². The number of carbonyl (C=O) groups is 2. The second-order valence-electron chi connectivity index (χ2n) is 6.59. The number of esters is 1. The van der Waals surface area contributed by atoms with Gasteiger partial charge < -0.3 is 14.5 Å². The van der Waals surface area contributed by atoms with Gasteiger partial charge in [-0.15, -0.1) is 0 Å². The molecule has 0 aromatic carbocycles. The van der Waals surface area contributed by atoms with Crippen molar-refractivity contribution in [3.63, 3.8) is 0 Å². The maximum atomic E-state index is 11.9. The number of nitrogens with zero attached hydrogens (tertiary/aromatic N) is 2. The number of sulfone groups is 1. The minimum absolute atomic E-state index is 0.00778. The first-order valence-corrected chi connectivity index (χ1v) is 11.0.